The monoisotopic (exact) mass is 296 g/mol. The highest BCUT2D eigenvalue weighted by Gasteiger charge is 2.26. The maximum atomic E-state index is 12.5. The van der Waals surface area contributed by atoms with Gasteiger partial charge >= 0.3 is 0 Å². The summed E-state index contributed by atoms with van der Waals surface area (Å²) in [6.07, 6.45) is 0.766. The van der Waals surface area contributed by atoms with Gasteiger partial charge in [-0.2, -0.15) is 0 Å². The average Bonchev–Trinajstić information content (AvgIpc) is 2.93. The van der Waals surface area contributed by atoms with Crippen LogP contribution in [0.1, 0.15) is 19.4 Å². The molecule has 1 aliphatic rings. The molecule has 0 radical (unpaired) electrons. The molecule has 4 heteroatoms. The van der Waals surface area contributed by atoms with Crippen LogP contribution in [0.25, 0.3) is 0 Å². The molecule has 22 heavy (non-hydrogen) atoms. The van der Waals surface area contributed by atoms with Crippen molar-refractivity contribution in [1.82, 2.24) is 0 Å². The SMILES string of the molecule is CC(C)Oc1ccccc1NC(=O)C1Cc2ccccc2N1. The van der Waals surface area contributed by atoms with E-state index in [9.17, 15) is 4.79 Å². The Morgan fingerprint density at radius 1 is 1.18 bits per heavy atom. The molecule has 1 unspecified atom stereocenters. The lowest BCUT2D eigenvalue weighted by molar-refractivity contribution is -0.116. The summed E-state index contributed by atoms with van der Waals surface area (Å²) in [7, 11) is 0. The van der Waals surface area contributed by atoms with Gasteiger partial charge in [-0.3, -0.25) is 4.79 Å². The predicted molar refractivity (Wildman–Crippen MR) is 88.4 cm³/mol. The lowest BCUT2D eigenvalue weighted by Crippen LogP contribution is -2.33. The number of rotatable bonds is 4. The summed E-state index contributed by atoms with van der Waals surface area (Å²) in [5.74, 6) is 0.650. The first kappa shape index (κ1) is 14.4. The molecule has 0 spiro atoms. The zero-order chi connectivity index (χ0) is 15.5. The molecule has 4 nitrogen and oxygen atoms in total. The van der Waals surface area contributed by atoms with Crippen molar-refractivity contribution < 1.29 is 9.53 Å². The predicted octanol–water partition coefficient (Wildman–Crippen LogP) is 3.45. The Morgan fingerprint density at radius 2 is 1.91 bits per heavy atom. The van der Waals surface area contributed by atoms with E-state index in [1.54, 1.807) is 0 Å². The molecule has 0 aromatic heterocycles. The van der Waals surface area contributed by atoms with Gasteiger partial charge in [-0.15, -0.1) is 0 Å². The number of para-hydroxylation sites is 3. The van der Waals surface area contributed by atoms with E-state index >= 15 is 0 Å². The molecule has 0 fully saturated rings. The largest absolute Gasteiger partial charge is 0.489 e. The van der Waals surface area contributed by atoms with Crippen molar-refractivity contribution in [2.24, 2.45) is 0 Å². The topological polar surface area (TPSA) is 50.4 Å². The van der Waals surface area contributed by atoms with Crippen LogP contribution in [-0.4, -0.2) is 18.1 Å². The highest BCUT2D eigenvalue weighted by atomic mass is 16.5. The zero-order valence-electron chi connectivity index (χ0n) is 12.8. The molecule has 2 aromatic rings. The van der Waals surface area contributed by atoms with Crippen LogP contribution < -0.4 is 15.4 Å². The Morgan fingerprint density at radius 3 is 2.68 bits per heavy atom. The number of hydrogen-bond donors (Lipinski definition) is 2. The van der Waals surface area contributed by atoms with Crippen molar-refractivity contribution in [3.63, 3.8) is 0 Å². The standard InChI is InChI=1S/C18H20N2O2/c1-12(2)22-17-10-6-5-9-15(17)20-18(21)16-11-13-7-3-4-8-14(13)19-16/h3-10,12,16,19H,11H2,1-2H3,(H,20,21). The van der Waals surface area contributed by atoms with Gasteiger partial charge in [0, 0.05) is 12.1 Å². The fourth-order valence-corrected chi connectivity index (χ4v) is 2.60. The smallest absolute Gasteiger partial charge is 0.247 e. The third-order valence-electron chi connectivity index (χ3n) is 3.60. The Hall–Kier alpha value is -2.49. The maximum Gasteiger partial charge on any atom is 0.247 e. The quantitative estimate of drug-likeness (QED) is 0.908. The van der Waals surface area contributed by atoms with Crippen molar-refractivity contribution in [1.29, 1.82) is 0 Å². The van der Waals surface area contributed by atoms with E-state index in [-0.39, 0.29) is 18.1 Å². The maximum absolute atomic E-state index is 12.5. The van der Waals surface area contributed by atoms with E-state index in [1.165, 1.54) is 5.56 Å². The van der Waals surface area contributed by atoms with Crippen molar-refractivity contribution in [3.8, 4) is 5.75 Å². The average molecular weight is 296 g/mol. The molecule has 0 bridgehead atoms. The molecule has 1 atom stereocenters. The van der Waals surface area contributed by atoms with Crippen LogP contribution in [0.5, 0.6) is 5.75 Å². The summed E-state index contributed by atoms with van der Waals surface area (Å²) in [5, 5.41) is 6.23. The molecule has 1 aliphatic heterocycles. The highest BCUT2D eigenvalue weighted by Crippen LogP contribution is 2.28. The molecule has 1 amide bonds. The van der Waals surface area contributed by atoms with Crippen molar-refractivity contribution in [3.05, 3.63) is 54.1 Å². The van der Waals surface area contributed by atoms with E-state index in [0.717, 1.165) is 5.69 Å². The third-order valence-corrected chi connectivity index (χ3v) is 3.60. The van der Waals surface area contributed by atoms with E-state index in [1.807, 2.05) is 62.4 Å². The summed E-state index contributed by atoms with van der Waals surface area (Å²) in [6, 6.07) is 15.3. The Balaban J connectivity index is 1.71. The first-order valence-corrected chi connectivity index (χ1v) is 7.54. The normalized spacial score (nSPS) is 16.0. The molecule has 0 saturated carbocycles. The first-order chi connectivity index (χ1) is 10.6. The molecular formula is C18H20N2O2. The van der Waals surface area contributed by atoms with Gasteiger partial charge in [0.05, 0.1) is 11.8 Å². The number of fused-ring (bicyclic) bond motifs is 1. The van der Waals surface area contributed by atoms with Crippen LogP contribution in [0.15, 0.2) is 48.5 Å². The van der Waals surface area contributed by atoms with Gasteiger partial charge in [0.25, 0.3) is 0 Å². The van der Waals surface area contributed by atoms with Gasteiger partial charge in [-0.05, 0) is 37.6 Å². The third kappa shape index (κ3) is 3.06. The Kier molecular flexibility index (Phi) is 4.00. The van der Waals surface area contributed by atoms with Crippen LogP contribution in [0.4, 0.5) is 11.4 Å². The molecule has 2 N–H and O–H groups in total. The summed E-state index contributed by atoms with van der Waals surface area (Å²) >= 11 is 0. The second kappa shape index (κ2) is 6.10. The lowest BCUT2D eigenvalue weighted by Gasteiger charge is -2.17. The summed E-state index contributed by atoms with van der Waals surface area (Å²) in [5.41, 5.74) is 2.92. The lowest BCUT2D eigenvalue weighted by atomic mass is 10.1. The molecular weight excluding hydrogens is 276 g/mol. The number of amides is 1. The number of carbonyl (C=O) groups is 1. The van der Waals surface area contributed by atoms with Crippen LogP contribution in [-0.2, 0) is 11.2 Å². The van der Waals surface area contributed by atoms with Crippen LogP contribution in [0.3, 0.4) is 0 Å². The fourth-order valence-electron chi connectivity index (χ4n) is 2.60. The number of hydrogen-bond acceptors (Lipinski definition) is 3. The van der Waals surface area contributed by atoms with Crippen molar-refractivity contribution in [2.75, 3.05) is 10.6 Å². The minimum Gasteiger partial charge on any atom is -0.489 e. The minimum absolute atomic E-state index is 0.0454. The summed E-state index contributed by atoms with van der Waals surface area (Å²) < 4.78 is 5.74. The van der Waals surface area contributed by atoms with Gasteiger partial charge in [-0.1, -0.05) is 30.3 Å². The van der Waals surface area contributed by atoms with E-state index < -0.39 is 0 Å². The second-order valence-electron chi connectivity index (χ2n) is 5.71. The van der Waals surface area contributed by atoms with Crippen LogP contribution >= 0.6 is 0 Å². The number of nitrogens with one attached hydrogen (secondary N) is 2. The fraction of sp³-hybridized carbons (Fsp3) is 0.278. The Labute approximate surface area is 130 Å². The number of carbonyl (C=O) groups excluding carboxylic acids is 1. The molecule has 3 rings (SSSR count). The minimum atomic E-state index is -0.246. The summed E-state index contributed by atoms with van der Waals surface area (Å²) in [6.45, 7) is 3.93. The van der Waals surface area contributed by atoms with Crippen LogP contribution in [0.2, 0.25) is 0 Å². The number of anilines is 2. The molecule has 1 heterocycles. The van der Waals surface area contributed by atoms with E-state index in [0.29, 0.717) is 17.9 Å². The van der Waals surface area contributed by atoms with Crippen molar-refractivity contribution in [2.45, 2.75) is 32.4 Å². The zero-order valence-corrected chi connectivity index (χ0v) is 12.8. The molecule has 2 aromatic carbocycles. The number of ether oxygens (including phenoxy) is 1. The first-order valence-electron chi connectivity index (χ1n) is 7.54. The highest BCUT2D eigenvalue weighted by molar-refractivity contribution is 5.99. The molecule has 114 valence electrons. The van der Waals surface area contributed by atoms with Gasteiger partial charge in [0.15, 0.2) is 0 Å². The van der Waals surface area contributed by atoms with Gasteiger partial charge in [0.2, 0.25) is 5.91 Å². The summed E-state index contributed by atoms with van der Waals surface area (Å²) in [4.78, 5) is 12.5. The number of benzene rings is 2. The Bertz CT molecular complexity index is 657. The van der Waals surface area contributed by atoms with Crippen molar-refractivity contribution >= 4 is 17.3 Å². The van der Waals surface area contributed by atoms with Crippen LogP contribution in [0, 0.1) is 0 Å². The van der Waals surface area contributed by atoms with E-state index in [4.69, 9.17) is 4.74 Å². The van der Waals surface area contributed by atoms with Gasteiger partial charge in [0.1, 0.15) is 11.8 Å². The van der Waals surface area contributed by atoms with Gasteiger partial charge in [-0.25, -0.2) is 0 Å². The van der Waals surface area contributed by atoms with E-state index in [2.05, 4.69) is 10.6 Å². The van der Waals surface area contributed by atoms with Gasteiger partial charge < -0.3 is 15.4 Å². The second-order valence-corrected chi connectivity index (χ2v) is 5.71. The molecule has 0 aliphatic carbocycles. The molecule has 0 saturated heterocycles.